The predicted octanol–water partition coefficient (Wildman–Crippen LogP) is 1.30. The number of sulfonamides is 1. The van der Waals surface area contributed by atoms with Crippen LogP contribution in [0.15, 0.2) is 17.0 Å². The monoisotopic (exact) mass is 315 g/mol. The molecule has 0 aliphatic rings. The number of carbonyl (C=O) groups is 1. The zero-order valence-electron chi connectivity index (χ0n) is 12.4. The van der Waals surface area contributed by atoms with E-state index in [1.54, 1.807) is 13.8 Å². The van der Waals surface area contributed by atoms with Crippen LogP contribution in [0.25, 0.3) is 0 Å². The maximum atomic E-state index is 12.3. The molecule has 0 spiro atoms. The summed E-state index contributed by atoms with van der Waals surface area (Å²) < 4.78 is 27.1. The van der Waals surface area contributed by atoms with E-state index in [0.717, 1.165) is 0 Å². The summed E-state index contributed by atoms with van der Waals surface area (Å²) in [4.78, 5) is 11.0. The number of hydrogen-bond donors (Lipinski definition) is 3. The van der Waals surface area contributed by atoms with E-state index in [1.165, 1.54) is 12.1 Å². The summed E-state index contributed by atoms with van der Waals surface area (Å²) in [5.41, 5.74) is 1.09. The van der Waals surface area contributed by atoms with E-state index in [1.807, 2.05) is 6.92 Å². The van der Waals surface area contributed by atoms with E-state index < -0.39 is 16.0 Å². The van der Waals surface area contributed by atoms with Gasteiger partial charge in [-0.05, 0) is 49.4 Å². The van der Waals surface area contributed by atoms with Gasteiger partial charge in [0.25, 0.3) is 0 Å². The summed E-state index contributed by atoms with van der Waals surface area (Å²) in [5, 5.41) is 17.9. The van der Waals surface area contributed by atoms with Gasteiger partial charge in [-0.3, -0.25) is 0 Å². The first-order valence-corrected chi connectivity index (χ1v) is 8.12. The van der Waals surface area contributed by atoms with Crippen LogP contribution in [0, 0.1) is 19.8 Å². The second-order valence-corrected chi connectivity index (χ2v) is 6.93. The van der Waals surface area contributed by atoms with Gasteiger partial charge in [-0.25, -0.2) is 17.9 Å². The number of aliphatic hydroxyl groups is 1. The van der Waals surface area contributed by atoms with Crippen molar-refractivity contribution >= 4 is 16.0 Å². The number of carboxylic acid groups (broad SMARTS) is 1. The van der Waals surface area contributed by atoms with Gasteiger partial charge in [0.15, 0.2) is 0 Å². The average Bonchev–Trinajstić information content (AvgIpc) is 2.39. The molecule has 1 rings (SSSR count). The lowest BCUT2D eigenvalue weighted by Gasteiger charge is -2.15. The largest absolute Gasteiger partial charge is 0.478 e. The second-order valence-electron chi connectivity index (χ2n) is 5.19. The van der Waals surface area contributed by atoms with E-state index in [-0.39, 0.29) is 29.5 Å². The van der Waals surface area contributed by atoms with Gasteiger partial charge >= 0.3 is 5.97 Å². The molecule has 1 atom stereocenters. The fraction of sp³-hybridized carbons (Fsp3) is 0.500. The van der Waals surface area contributed by atoms with Gasteiger partial charge in [-0.1, -0.05) is 6.92 Å². The summed E-state index contributed by atoms with van der Waals surface area (Å²) in [5.74, 6) is -1.17. The van der Waals surface area contributed by atoms with Crippen molar-refractivity contribution in [3.05, 3.63) is 28.8 Å². The molecular formula is C14H21NO5S. The van der Waals surface area contributed by atoms with Crippen molar-refractivity contribution < 1.29 is 23.4 Å². The molecule has 1 aromatic carbocycles. The third-order valence-electron chi connectivity index (χ3n) is 3.40. The Morgan fingerprint density at radius 3 is 2.48 bits per heavy atom. The summed E-state index contributed by atoms with van der Waals surface area (Å²) in [6, 6.07) is 2.62. The van der Waals surface area contributed by atoms with Gasteiger partial charge in [0.05, 0.1) is 10.5 Å². The van der Waals surface area contributed by atoms with Gasteiger partial charge in [0, 0.05) is 13.2 Å². The standard InChI is InChI=1S/C14H21NO5S/c1-9(4-5-16)8-15-21(19,20)13-7-12(14(17)18)6-10(2)11(13)3/h6-7,9,15-16H,4-5,8H2,1-3H3,(H,17,18). The topological polar surface area (TPSA) is 104 Å². The van der Waals surface area contributed by atoms with E-state index >= 15 is 0 Å². The first-order chi connectivity index (χ1) is 9.69. The lowest BCUT2D eigenvalue weighted by Crippen LogP contribution is -2.29. The second kappa shape index (κ2) is 7.02. The first kappa shape index (κ1) is 17.6. The molecule has 0 bridgehead atoms. The van der Waals surface area contributed by atoms with Crippen LogP contribution < -0.4 is 4.72 Å². The Hall–Kier alpha value is -1.44. The smallest absolute Gasteiger partial charge is 0.335 e. The van der Waals surface area contributed by atoms with Crippen LogP contribution in [0.2, 0.25) is 0 Å². The maximum absolute atomic E-state index is 12.3. The van der Waals surface area contributed by atoms with Gasteiger partial charge in [-0.15, -0.1) is 0 Å². The molecule has 0 saturated heterocycles. The Labute approximate surface area is 124 Å². The van der Waals surface area contributed by atoms with E-state index in [4.69, 9.17) is 10.2 Å². The van der Waals surface area contributed by atoms with Crippen LogP contribution in [-0.4, -0.2) is 37.8 Å². The van der Waals surface area contributed by atoms with Crippen LogP contribution in [0.1, 0.15) is 34.8 Å². The molecule has 0 heterocycles. The number of hydrogen-bond acceptors (Lipinski definition) is 4. The molecular weight excluding hydrogens is 294 g/mol. The van der Waals surface area contributed by atoms with Gasteiger partial charge in [-0.2, -0.15) is 0 Å². The Kier molecular flexibility index (Phi) is 5.88. The molecule has 7 heteroatoms. The molecule has 21 heavy (non-hydrogen) atoms. The van der Waals surface area contributed by atoms with E-state index in [2.05, 4.69) is 4.72 Å². The Morgan fingerprint density at radius 2 is 1.95 bits per heavy atom. The summed E-state index contributed by atoms with van der Waals surface area (Å²) >= 11 is 0. The van der Waals surface area contributed by atoms with Crippen molar-refractivity contribution in [1.82, 2.24) is 4.72 Å². The minimum absolute atomic E-state index is 0.00443. The molecule has 6 nitrogen and oxygen atoms in total. The van der Waals surface area contributed by atoms with Crippen LogP contribution in [0.4, 0.5) is 0 Å². The third-order valence-corrected chi connectivity index (χ3v) is 4.95. The Balaban J connectivity index is 3.10. The van der Waals surface area contributed by atoms with Crippen LogP contribution >= 0.6 is 0 Å². The van der Waals surface area contributed by atoms with Crippen molar-refractivity contribution in [2.75, 3.05) is 13.2 Å². The quantitative estimate of drug-likeness (QED) is 0.703. The fourth-order valence-electron chi connectivity index (χ4n) is 1.88. The normalized spacial score (nSPS) is 13.1. The Bertz CT molecular complexity index is 624. The highest BCUT2D eigenvalue weighted by molar-refractivity contribution is 7.89. The van der Waals surface area contributed by atoms with Crippen LogP contribution in [0.3, 0.4) is 0 Å². The molecule has 0 amide bonds. The zero-order chi connectivity index (χ0) is 16.2. The fourth-order valence-corrected chi connectivity index (χ4v) is 3.39. The zero-order valence-corrected chi connectivity index (χ0v) is 13.2. The molecule has 1 aromatic rings. The summed E-state index contributed by atoms with van der Waals surface area (Å²) in [6.07, 6.45) is 0.496. The third kappa shape index (κ3) is 4.52. The lowest BCUT2D eigenvalue weighted by atomic mass is 10.1. The molecule has 0 aliphatic carbocycles. The number of rotatable bonds is 7. The van der Waals surface area contributed by atoms with Gasteiger partial charge in [0.1, 0.15) is 0 Å². The number of aliphatic hydroxyl groups excluding tert-OH is 1. The number of nitrogens with one attached hydrogen (secondary N) is 1. The highest BCUT2D eigenvalue weighted by Gasteiger charge is 2.21. The lowest BCUT2D eigenvalue weighted by molar-refractivity contribution is 0.0696. The first-order valence-electron chi connectivity index (χ1n) is 6.64. The van der Waals surface area contributed by atoms with E-state index in [0.29, 0.717) is 17.5 Å². The predicted molar refractivity (Wildman–Crippen MR) is 78.9 cm³/mol. The van der Waals surface area contributed by atoms with Gasteiger partial charge < -0.3 is 10.2 Å². The number of benzene rings is 1. The maximum Gasteiger partial charge on any atom is 0.335 e. The highest BCUT2D eigenvalue weighted by Crippen LogP contribution is 2.21. The minimum atomic E-state index is -3.78. The number of carboxylic acids is 1. The highest BCUT2D eigenvalue weighted by atomic mass is 32.2. The molecule has 0 aliphatic heterocycles. The molecule has 0 saturated carbocycles. The van der Waals surface area contributed by atoms with Crippen molar-refractivity contribution in [3.8, 4) is 0 Å². The molecule has 3 N–H and O–H groups in total. The van der Waals surface area contributed by atoms with Crippen LogP contribution in [-0.2, 0) is 10.0 Å². The molecule has 0 fully saturated rings. The van der Waals surface area contributed by atoms with Crippen LogP contribution in [0.5, 0.6) is 0 Å². The molecule has 118 valence electrons. The van der Waals surface area contributed by atoms with Gasteiger partial charge in [0.2, 0.25) is 10.0 Å². The Morgan fingerprint density at radius 1 is 1.33 bits per heavy atom. The summed E-state index contributed by atoms with van der Waals surface area (Å²) in [6.45, 7) is 5.33. The van der Waals surface area contributed by atoms with Crippen molar-refractivity contribution in [3.63, 3.8) is 0 Å². The average molecular weight is 315 g/mol. The molecule has 0 aromatic heterocycles. The van der Waals surface area contributed by atoms with Crippen molar-refractivity contribution in [2.45, 2.75) is 32.1 Å². The van der Waals surface area contributed by atoms with Crippen molar-refractivity contribution in [1.29, 1.82) is 0 Å². The molecule has 1 unspecified atom stereocenters. The minimum Gasteiger partial charge on any atom is -0.478 e. The number of aromatic carboxylic acids is 1. The summed E-state index contributed by atoms with van der Waals surface area (Å²) in [7, 11) is -3.78. The number of aryl methyl sites for hydroxylation is 1. The van der Waals surface area contributed by atoms with Crippen molar-refractivity contribution in [2.24, 2.45) is 5.92 Å². The SMILES string of the molecule is Cc1cc(C(=O)O)cc(S(=O)(=O)NCC(C)CCO)c1C. The molecule has 0 radical (unpaired) electrons. The van der Waals surface area contributed by atoms with E-state index in [9.17, 15) is 13.2 Å².